The zero-order valence-corrected chi connectivity index (χ0v) is 10.8. The molecule has 15 heavy (non-hydrogen) atoms. The van der Waals surface area contributed by atoms with E-state index in [1.54, 1.807) is 19.1 Å². The summed E-state index contributed by atoms with van der Waals surface area (Å²) < 4.78 is 0.881. The van der Waals surface area contributed by atoms with Crippen LogP contribution in [0.15, 0.2) is 30.3 Å². The Bertz CT molecular complexity index is 309. The molecule has 1 N–H and O–H groups in total. The summed E-state index contributed by atoms with van der Waals surface area (Å²) in [6, 6.07) is 9.16. The Balaban J connectivity index is 2.81. The zero-order chi connectivity index (χ0) is 11.3. The first-order chi connectivity index (χ1) is 7.16. The van der Waals surface area contributed by atoms with E-state index in [1.165, 1.54) is 0 Å². The van der Waals surface area contributed by atoms with Gasteiger partial charge in [0.1, 0.15) is 0 Å². The minimum Gasteiger partial charge on any atom is -0.393 e. The van der Waals surface area contributed by atoms with Gasteiger partial charge in [-0.25, -0.2) is 0 Å². The monoisotopic (exact) mass is 318 g/mol. The van der Waals surface area contributed by atoms with E-state index in [4.69, 9.17) is 0 Å². The fraction of sp³-hybridized carbons (Fsp3) is 0.417. The highest BCUT2D eigenvalue weighted by atomic mass is 127. The molecule has 3 heteroatoms. The molecular formula is C12H15IO2. The van der Waals surface area contributed by atoms with Gasteiger partial charge < -0.3 is 5.11 Å². The Morgan fingerprint density at radius 2 is 2.00 bits per heavy atom. The average molecular weight is 318 g/mol. The van der Waals surface area contributed by atoms with Crippen LogP contribution in [0.25, 0.3) is 0 Å². The van der Waals surface area contributed by atoms with Gasteiger partial charge in [0.15, 0.2) is 5.78 Å². The van der Waals surface area contributed by atoms with Gasteiger partial charge in [-0.3, -0.25) is 4.79 Å². The van der Waals surface area contributed by atoms with Gasteiger partial charge in [-0.1, -0.05) is 52.9 Å². The van der Waals surface area contributed by atoms with Crippen LogP contribution < -0.4 is 0 Å². The third kappa shape index (κ3) is 3.57. The van der Waals surface area contributed by atoms with E-state index in [9.17, 15) is 9.90 Å². The average Bonchev–Trinajstić information content (AvgIpc) is 2.26. The third-order valence-electron chi connectivity index (χ3n) is 2.40. The topological polar surface area (TPSA) is 37.3 Å². The summed E-state index contributed by atoms with van der Waals surface area (Å²) in [5.41, 5.74) is 0.688. The smallest absolute Gasteiger partial charge is 0.168 e. The molecule has 0 aromatic heterocycles. The lowest BCUT2D eigenvalue weighted by atomic mass is 9.91. The fourth-order valence-corrected chi connectivity index (χ4v) is 2.20. The number of aliphatic hydroxyl groups excluding tert-OH is 1. The maximum absolute atomic E-state index is 12.0. The number of rotatable bonds is 5. The van der Waals surface area contributed by atoms with Crippen LogP contribution >= 0.6 is 22.6 Å². The molecule has 0 bridgehead atoms. The second kappa shape index (κ2) is 6.23. The number of aliphatic hydroxyl groups is 1. The maximum atomic E-state index is 12.0. The van der Waals surface area contributed by atoms with Crippen molar-refractivity contribution in [3.05, 3.63) is 35.9 Å². The standard InChI is InChI=1S/C12H15IO2/c1-9(14)11(7-8-13)12(15)10-5-3-2-4-6-10/h2-6,9,11,14H,7-8H2,1H3/t9-,11-/m1/s1. The van der Waals surface area contributed by atoms with E-state index in [0.717, 1.165) is 10.8 Å². The van der Waals surface area contributed by atoms with Crippen molar-refractivity contribution in [2.45, 2.75) is 19.4 Å². The van der Waals surface area contributed by atoms with Gasteiger partial charge in [-0.2, -0.15) is 0 Å². The molecular weight excluding hydrogens is 303 g/mol. The second-order valence-electron chi connectivity index (χ2n) is 3.56. The lowest BCUT2D eigenvalue weighted by Crippen LogP contribution is -2.26. The van der Waals surface area contributed by atoms with Crippen molar-refractivity contribution in [1.82, 2.24) is 0 Å². The van der Waals surface area contributed by atoms with Crippen LogP contribution in [-0.2, 0) is 0 Å². The van der Waals surface area contributed by atoms with Crippen molar-refractivity contribution in [1.29, 1.82) is 0 Å². The molecule has 0 unspecified atom stereocenters. The molecule has 2 atom stereocenters. The summed E-state index contributed by atoms with van der Waals surface area (Å²) in [7, 11) is 0. The fourth-order valence-electron chi connectivity index (χ4n) is 1.53. The van der Waals surface area contributed by atoms with E-state index >= 15 is 0 Å². The molecule has 0 heterocycles. The number of alkyl halides is 1. The number of carbonyl (C=O) groups is 1. The summed E-state index contributed by atoms with van der Waals surface area (Å²) in [6.45, 7) is 1.68. The Kier molecular flexibility index (Phi) is 5.25. The molecule has 1 aromatic rings. The van der Waals surface area contributed by atoms with Crippen LogP contribution in [0.2, 0.25) is 0 Å². The van der Waals surface area contributed by atoms with Crippen LogP contribution in [-0.4, -0.2) is 21.4 Å². The summed E-state index contributed by atoms with van der Waals surface area (Å²) in [4.78, 5) is 12.0. The van der Waals surface area contributed by atoms with Crippen LogP contribution in [0.3, 0.4) is 0 Å². The van der Waals surface area contributed by atoms with Gasteiger partial charge in [0.25, 0.3) is 0 Å². The molecule has 0 saturated carbocycles. The van der Waals surface area contributed by atoms with E-state index in [-0.39, 0.29) is 11.7 Å². The number of Topliss-reactive ketones (excluding diaryl/α,β-unsaturated/α-hetero) is 1. The molecule has 0 aliphatic carbocycles. The molecule has 82 valence electrons. The van der Waals surface area contributed by atoms with E-state index < -0.39 is 6.10 Å². The van der Waals surface area contributed by atoms with Gasteiger partial charge >= 0.3 is 0 Å². The number of ketones is 1. The van der Waals surface area contributed by atoms with Crippen LogP contribution in [0.5, 0.6) is 0 Å². The van der Waals surface area contributed by atoms with Crippen LogP contribution in [0, 0.1) is 5.92 Å². The summed E-state index contributed by atoms with van der Waals surface area (Å²) in [5.74, 6) is -0.230. The first kappa shape index (κ1) is 12.6. The molecule has 0 amide bonds. The molecule has 0 saturated heterocycles. The Labute approximate surface area is 104 Å². The normalized spacial score (nSPS) is 14.6. The van der Waals surface area contributed by atoms with Crippen molar-refractivity contribution in [2.24, 2.45) is 5.92 Å². The first-order valence-corrected chi connectivity index (χ1v) is 6.52. The zero-order valence-electron chi connectivity index (χ0n) is 8.69. The SMILES string of the molecule is C[C@@H](O)[C@@H](CCI)C(=O)c1ccccc1. The summed E-state index contributed by atoms with van der Waals surface area (Å²) in [6.07, 6.45) is 0.152. The van der Waals surface area contributed by atoms with Crippen molar-refractivity contribution >= 4 is 28.4 Å². The van der Waals surface area contributed by atoms with Gasteiger partial charge in [0.05, 0.1) is 6.10 Å². The number of hydrogen-bond acceptors (Lipinski definition) is 2. The highest BCUT2D eigenvalue weighted by Crippen LogP contribution is 2.17. The van der Waals surface area contributed by atoms with E-state index in [2.05, 4.69) is 22.6 Å². The Hall–Kier alpha value is -0.420. The largest absolute Gasteiger partial charge is 0.393 e. The third-order valence-corrected chi connectivity index (χ3v) is 3.02. The minimum absolute atomic E-state index is 0.0438. The van der Waals surface area contributed by atoms with E-state index in [1.807, 2.05) is 18.2 Å². The molecule has 0 spiro atoms. The highest BCUT2D eigenvalue weighted by Gasteiger charge is 2.23. The Morgan fingerprint density at radius 3 is 2.47 bits per heavy atom. The van der Waals surface area contributed by atoms with Gasteiger partial charge in [-0.05, 0) is 13.3 Å². The number of benzene rings is 1. The van der Waals surface area contributed by atoms with E-state index in [0.29, 0.717) is 5.56 Å². The molecule has 1 rings (SSSR count). The molecule has 0 fully saturated rings. The first-order valence-electron chi connectivity index (χ1n) is 5.00. The van der Waals surface area contributed by atoms with Crippen molar-refractivity contribution in [2.75, 3.05) is 4.43 Å². The highest BCUT2D eigenvalue weighted by molar-refractivity contribution is 14.1. The van der Waals surface area contributed by atoms with Crippen molar-refractivity contribution in [3.8, 4) is 0 Å². The molecule has 0 radical (unpaired) electrons. The van der Waals surface area contributed by atoms with Gasteiger partial charge in [-0.15, -0.1) is 0 Å². The number of hydrogen-bond donors (Lipinski definition) is 1. The minimum atomic E-state index is -0.576. The number of carbonyl (C=O) groups excluding carboxylic acids is 1. The number of halogens is 1. The van der Waals surface area contributed by atoms with Crippen molar-refractivity contribution < 1.29 is 9.90 Å². The lowest BCUT2D eigenvalue weighted by Gasteiger charge is -2.17. The summed E-state index contributed by atoms with van der Waals surface area (Å²) in [5, 5.41) is 9.55. The Morgan fingerprint density at radius 1 is 1.40 bits per heavy atom. The van der Waals surface area contributed by atoms with Crippen LogP contribution in [0.1, 0.15) is 23.7 Å². The van der Waals surface area contributed by atoms with Crippen LogP contribution in [0.4, 0.5) is 0 Å². The summed E-state index contributed by atoms with van der Waals surface area (Å²) >= 11 is 2.23. The maximum Gasteiger partial charge on any atom is 0.168 e. The molecule has 0 aliphatic heterocycles. The second-order valence-corrected chi connectivity index (χ2v) is 4.63. The lowest BCUT2D eigenvalue weighted by molar-refractivity contribution is 0.0722. The quantitative estimate of drug-likeness (QED) is 0.515. The van der Waals surface area contributed by atoms with Crippen molar-refractivity contribution in [3.63, 3.8) is 0 Å². The van der Waals surface area contributed by atoms with Gasteiger partial charge in [0.2, 0.25) is 0 Å². The molecule has 2 nitrogen and oxygen atoms in total. The predicted octanol–water partition coefficient (Wildman–Crippen LogP) is 2.69. The predicted molar refractivity (Wildman–Crippen MR) is 69.4 cm³/mol. The molecule has 1 aromatic carbocycles. The molecule has 0 aliphatic rings. The van der Waals surface area contributed by atoms with Gasteiger partial charge in [0, 0.05) is 15.9 Å².